The highest BCUT2D eigenvalue weighted by molar-refractivity contribution is 6.00. The molecule has 9 heteroatoms. The third-order valence-corrected chi connectivity index (χ3v) is 6.70. The zero-order valence-corrected chi connectivity index (χ0v) is 19.3. The predicted octanol–water partition coefficient (Wildman–Crippen LogP) is 2.10. The average molecular weight is 460 g/mol. The molecule has 3 amide bonds. The number of anilines is 1. The molecule has 2 fully saturated rings. The highest BCUT2D eigenvalue weighted by Gasteiger charge is 2.39. The number of likely N-dealkylation sites (N-methyl/N-ethyl adjacent to an activating group) is 1. The van der Waals surface area contributed by atoms with Crippen LogP contribution in [0.3, 0.4) is 0 Å². The molecule has 2 aliphatic heterocycles. The maximum Gasteiger partial charge on any atom is 0.257 e. The van der Waals surface area contributed by atoms with Gasteiger partial charge in [-0.15, -0.1) is 0 Å². The molecule has 1 saturated heterocycles. The number of hydrogen-bond donors (Lipinski definition) is 2. The molecule has 0 bridgehead atoms. The summed E-state index contributed by atoms with van der Waals surface area (Å²) < 4.78 is 17.1. The Bertz CT molecular complexity index is 885. The summed E-state index contributed by atoms with van der Waals surface area (Å²) >= 11 is 0. The van der Waals surface area contributed by atoms with Crippen LogP contribution in [0.4, 0.5) is 5.69 Å². The quantitative estimate of drug-likeness (QED) is 0.675. The number of rotatable bonds is 6. The molecular formula is C24H33N3O6. The molecule has 2 N–H and O–H groups in total. The fourth-order valence-electron chi connectivity index (χ4n) is 5.00. The average Bonchev–Trinajstić information content (AvgIpc) is 3.29. The third-order valence-electron chi connectivity index (χ3n) is 6.70. The Labute approximate surface area is 194 Å². The number of nitrogens with zero attached hydrogens (tertiary/aromatic N) is 1. The second kappa shape index (κ2) is 10.5. The first kappa shape index (κ1) is 23.5. The van der Waals surface area contributed by atoms with E-state index < -0.39 is 0 Å². The van der Waals surface area contributed by atoms with Crippen molar-refractivity contribution >= 4 is 23.4 Å². The molecule has 180 valence electrons. The summed E-state index contributed by atoms with van der Waals surface area (Å²) in [4.78, 5) is 39.2. The van der Waals surface area contributed by atoms with Crippen LogP contribution in [-0.2, 0) is 19.1 Å². The van der Waals surface area contributed by atoms with E-state index in [9.17, 15) is 14.4 Å². The van der Waals surface area contributed by atoms with Crippen molar-refractivity contribution in [2.75, 3.05) is 32.7 Å². The van der Waals surface area contributed by atoms with Gasteiger partial charge in [0.05, 0.1) is 24.1 Å². The molecule has 33 heavy (non-hydrogen) atoms. The monoisotopic (exact) mass is 459 g/mol. The summed E-state index contributed by atoms with van der Waals surface area (Å²) in [7, 11) is 3.21. The van der Waals surface area contributed by atoms with Crippen molar-refractivity contribution in [1.29, 1.82) is 0 Å². The van der Waals surface area contributed by atoms with Crippen molar-refractivity contribution in [3.8, 4) is 5.75 Å². The minimum Gasteiger partial charge on any atom is -0.490 e. The number of amides is 3. The molecule has 0 radical (unpaired) electrons. The van der Waals surface area contributed by atoms with Gasteiger partial charge < -0.3 is 29.7 Å². The minimum absolute atomic E-state index is 0.0370. The lowest BCUT2D eigenvalue weighted by Crippen LogP contribution is -2.54. The van der Waals surface area contributed by atoms with Gasteiger partial charge in [-0.05, 0) is 43.9 Å². The number of methoxy groups -OCH3 is 1. The Morgan fingerprint density at radius 2 is 1.94 bits per heavy atom. The predicted molar refractivity (Wildman–Crippen MR) is 121 cm³/mol. The van der Waals surface area contributed by atoms with E-state index in [4.69, 9.17) is 14.2 Å². The molecule has 1 aliphatic carbocycles. The molecule has 0 unspecified atom stereocenters. The number of nitrogens with one attached hydrogen (secondary N) is 2. The van der Waals surface area contributed by atoms with Gasteiger partial charge in [0.1, 0.15) is 25.1 Å². The van der Waals surface area contributed by atoms with Crippen LogP contribution in [-0.4, -0.2) is 74.3 Å². The fourth-order valence-corrected chi connectivity index (χ4v) is 5.00. The van der Waals surface area contributed by atoms with Crippen LogP contribution in [0.5, 0.6) is 5.75 Å². The van der Waals surface area contributed by atoms with Crippen molar-refractivity contribution in [3.63, 3.8) is 0 Å². The fraction of sp³-hybridized carbons (Fsp3) is 0.625. The van der Waals surface area contributed by atoms with Gasteiger partial charge in [-0.2, -0.15) is 0 Å². The number of carbonyl (C=O) groups is 3. The Morgan fingerprint density at radius 3 is 2.70 bits per heavy atom. The molecule has 3 aliphatic rings. The van der Waals surface area contributed by atoms with Crippen LogP contribution in [0.1, 0.15) is 55.3 Å². The third kappa shape index (κ3) is 5.65. The summed E-state index contributed by atoms with van der Waals surface area (Å²) in [6, 6.07) is 5.15. The number of benzene rings is 1. The Balaban J connectivity index is 1.41. The maximum atomic E-state index is 13.2. The van der Waals surface area contributed by atoms with Crippen LogP contribution in [0.25, 0.3) is 0 Å². The van der Waals surface area contributed by atoms with Gasteiger partial charge in [0.25, 0.3) is 5.91 Å². The lowest BCUT2D eigenvalue weighted by molar-refractivity contribution is -0.134. The van der Waals surface area contributed by atoms with Crippen LogP contribution in [0, 0.1) is 0 Å². The second-order valence-corrected chi connectivity index (χ2v) is 9.11. The topological polar surface area (TPSA) is 106 Å². The molecule has 0 spiro atoms. The SMILES string of the molecule is COCC(=O)Nc1ccc2c(c1)C(=O)N(C)[C@@H]1CC[C@@H](CC(=O)NC3CCCC3)O[C@H]1CO2. The lowest BCUT2D eigenvalue weighted by Gasteiger charge is -2.42. The first-order valence-corrected chi connectivity index (χ1v) is 11.7. The summed E-state index contributed by atoms with van der Waals surface area (Å²) in [6.45, 7) is 0.216. The van der Waals surface area contributed by atoms with E-state index in [1.54, 1.807) is 30.1 Å². The smallest absolute Gasteiger partial charge is 0.257 e. The highest BCUT2D eigenvalue weighted by atomic mass is 16.5. The molecule has 0 aromatic heterocycles. The Hall–Kier alpha value is -2.65. The van der Waals surface area contributed by atoms with Gasteiger partial charge in [0.2, 0.25) is 11.8 Å². The van der Waals surface area contributed by atoms with Gasteiger partial charge in [-0.25, -0.2) is 0 Å². The number of hydrogen-bond acceptors (Lipinski definition) is 6. The van der Waals surface area contributed by atoms with E-state index in [-0.39, 0.29) is 49.2 Å². The first-order valence-electron chi connectivity index (χ1n) is 11.7. The van der Waals surface area contributed by atoms with Crippen LogP contribution < -0.4 is 15.4 Å². The number of ether oxygens (including phenoxy) is 3. The molecule has 4 rings (SSSR count). The van der Waals surface area contributed by atoms with Crippen molar-refractivity contribution < 1.29 is 28.6 Å². The van der Waals surface area contributed by atoms with E-state index in [1.165, 1.54) is 20.0 Å². The standard InChI is InChI=1S/C24H33N3O6/c1-27-19-9-8-17(12-22(28)25-15-5-3-4-6-15)33-21(19)13-32-20-10-7-16(11-18(20)24(27)30)26-23(29)14-31-2/h7,10-11,15,17,19,21H,3-6,8-9,12-14H2,1-2H3,(H,25,28)(H,26,29)/t17-,19+,21-/m0/s1. The van der Waals surface area contributed by atoms with Gasteiger partial charge >= 0.3 is 0 Å². The zero-order valence-electron chi connectivity index (χ0n) is 19.3. The van der Waals surface area contributed by atoms with E-state index >= 15 is 0 Å². The first-order chi connectivity index (χ1) is 15.9. The molecule has 9 nitrogen and oxygen atoms in total. The summed E-state index contributed by atoms with van der Waals surface area (Å²) in [5.74, 6) is -0.00739. The number of fused-ring (bicyclic) bond motifs is 2. The lowest BCUT2D eigenvalue weighted by atomic mass is 9.94. The van der Waals surface area contributed by atoms with Gasteiger partial charge in [-0.3, -0.25) is 14.4 Å². The maximum absolute atomic E-state index is 13.2. The molecule has 3 atom stereocenters. The van der Waals surface area contributed by atoms with Crippen LogP contribution in [0.15, 0.2) is 18.2 Å². The van der Waals surface area contributed by atoms with E-state index in [0.717, 1.165) is 19.3 Å². The minimum atomic E-state index is -0.314. The molecule has 1 saturated carbocycles. The van der Waals surface area contributed by atoms with Crippen LogP contribution in [0.2, 0.25) is 0 Å². The van der Waals surface area contributed by atoms with E-state index in [0.29, 0.717) is 35.9 Å². The summed E-state index contributed by atoms with van der Waals surface area (Å²) in [6.07, 6.45) is 5.74. The molecular weight excluding hydrogens is 426 g/mol. The normalized spacial score (nSPS) is 25.3. The summed E-state index contributed by atoms with van der Waals surface area (Å²) in [5, 5.41) is 5.84. The van der Waals surface area contributed by atoms with Crippen molar-refractivity contribution in [2.45, 2.75) is 69.2 Å². The van der Waals surface area contributed by atoms with Gasteiger partial charge in [0.15, 0.2) is 0 Å². The van der Waals surface area contributed by atoms with Crippen molar-refractivity contribution in [2.24, 2.45) is 0 Å². The van der Waals surface area contributed by atoms with Gasteiger partial charge in [0, 0.05) is 25.9 Å². The highest BCUT2D eigenvalue weighted by Crippen LogP contribution is 2.32. The van der Waals surface area contributed by atoms with E-state index in [2.05, 4.69) is 10.6 Å². The van der Waals surface area contributed by atoms with Crippen molar-refractivity contribution in [3.05, 3.63) is 23.8 Å². The van der Waals surface area contributed by atoms with E-state index in [1.807, 2.05) is 0 Å². The van der Waals surface area contributed by atoms with Gasteiger partial charge in [-0.1, -0.05) is 12.8 Å². The Kier molecular flexibility index (Phi) is 7.49. The number of carbonyl (C=O) groups excluding carboxylic acids is 3. The molecule has 1 aromatic carbocycles. The van der Waals surface area contributed by atoms with Crippen molar-refractivity contribution in [1.82, 2.24) is 10.2 Å². The molecule has 1 aromatic rings. The second-order valence-electron chi connectivity index (χ2n) is 9.11. The molecule has 2 heterocycles. The Morgan fingerprint density at radius 1 is 1.15 bits per heavy atom. The van der Waals surface area contributed by atoms with Crippen LogP contribution >= 0.6 is 0 Å². The zero-order chi connectivity index (χ0) is 23.4. The summed E-state index contributed by atoms with van der Waals surface area (Å²) in [5.41, 5.74) is 0.899. The largest absolute Gasteiger partial charge is 0.490 e.